The number of carbonyl (C=O) groups excluding carboxylic acids is 1. The van der Waals surface area contributed by atoms with Crippen LogP contribution in [0, 0.1) is 5.82 Å². The molecule has 2 rings (SSSR count). The van der Waals surface area contributed by atoms with E-state index in [4.69, 9.17) is 5.73 Å². The fourth-order valence-corrected chi connectivity index (χ4v) is 1.74. The minimum absolute atomic E-state index is 0.225. The van der Waals surface area contributed by atoms with Crippen LogP contribution in [-0.4, -0.2) is 21.4 Å². The molecule has 0 radical (unpaired) electrons. The van der Waals surface area contributed by atoms with E-state index in [0.717, 1.165) is 0 Å². The van der Waals surface area contributed by atoms with Crippen molar-refractivity contribution in [2.24, 2.45) is 0 Å². The Labute approximate surface area is 133 Å². The number of rotatable bonds is 4. The van der Waals surface area contributed by atoms with Crippen LogP contribution in [-0.2, 0) is 0 Å². The van der Waals surface area contributed by atoms with Gasteiger partial charge in [-0.1, -0.05) is 0 Å². The molecule has 0 saturated heterocycles. The van der Waals surface area contributed by atoms with Gasteiger partial charge in [0.1, 0.15) is 17.8 Å². The summed E-state index contributed by atoms with van der Waals surface area (Å²) in [6.45, 7) is 5.91. The molecule has 0 atom stereocenters. The maximum Gasteiger partial charge on any atom is 0.269 e. The van der Waals surface area contributed by atoms with Gasteiger partial charge in [0.05, 0.1) is 0 Å². The quantitative estimate of drug-likeness (QED) is 0.644. The molecule has 0 fully saturated rings. The van der Waals surface area contributed by atoms with Crippen LogP contribution in [0.25, 0.3) is 0 Å². The molecule has 0 aliphatic heterocycles. The van der Waals surface area contributed by atoms with Gasteiger partial charge in [0.15, 0.2) is 11.6 Å². The Kier molecular flexibility index (Phi) is 4.63. The smallest absolute Gasteiger partial charge is 0.269 e. The summed E-state index contributed by atoms with van der Waals surface area (Å²) >= 11 is 0. The van der Waals surface area contributed by atoms with E-state index in [0.29, 0.717) is 11.4 Å². The number of nitrogens with one attached hydrogen (secondary N) is 3. The first-order chi connectivity index (χ1) is 10.8. The molecule has 122 valence electrons. The third-order valence-corrected chi connectivity index (χ3v) is 2.78. The van der Waals surface area contributed by atoms with E-state index in [9.17, 15) is 9.18 Å². The minimum atomic E-state index is -0.437. The molecule has 1 amide bonds. The number of nitrogens with two attached hydrogens (primary N) is 1. The average molecular weight is 318 g/mol. The molecule has 2 aromatic rings. The van der Waals surface area contributed by atoms with Crippen LogP contribution in [0.15, 0.2) is 30.6 Å². The third kappa shape index (κ3) is 4.53. The van der Waals surface area contributed by atoms with Crippen LogP contribution in [0.5, 0.6) is 0 Å². The molecular formula is C15H19FN6O. The topological polar surface area (TPSA) is 105 Å². The second-order valence-corrected chi connectivity index (χ2v) is 5.95. The Morgan fingerprint density at radius 1 is 1.13 bits per heavy atom. The summed E-state index contributed by atoms with van der Waals surface area (Å²) in [6.07, 6.45) is 1.33. The van der Waals surface area contributed by atoms with Gasteiger partial charge in [0, 0.05) is 11.1 Å². The summed E-state index contributed by atoms with van der Waals surface area (Å²) in [5.41, 5.74) is 11.4. The standard InChI is InChI=1S/C15H19FN6O/c1-15(2,3)20-12-11(17)13(19-8-18-12)21-22-14(23)9-4-6-10(16)7-5-9/h4-8H,17H2,1-3H3,(H,22,23)(H2,18,19,20,21). The molecule has 0 aliphatic rings. The molecule has 23 heavy (non-hydrogen) atoms. The van der Waals surface area contributed by atoms with E-state index in [1.54, 1.807) is 0 Å². The van der Waals surface area contributed by atoms with Crippen LogP contribution in [0.1, 0.15) is 31.1 Å². The van der Waals surface area contributed by atoms with Crippen molar-refractivity contribution in [2.45, 2.75) is 26.3 Å². The maximum atomic E-state index is 12.8. The van der Waals surface area contributed by atoms with Gasteiger partial charge in [-0.25, -0.2) is 14.4 Å². The Balaban J connectivity index is 2.07. The van der Waals surface area contributed by atoms with Crippen molar-refractivity contribution in [1.82, 2.24) is 15.4 Å². The molecule has 0 bridgehead atoms. The van der Waals surface area contributed by atoms with Gasteiger partial charge >= 0.3 is 0 Å². The first-order valence-corrected chi connectivity index (χ1v) is 6.97. The van der Waals surface area contributed by atoms with Crippen LogP contribution >= 0.6 is 0 Å². The lowest BCUT2D eigenvalue weighted by molar-refractivity contribution is 0.0962. The van der Waals surface area contributed by atoms with Gasteiger partial charge in [0.2, 0.25) is 0 Å². The highest BCUT2D eigenvalue weighted by Crippen LogP contribution is 2.24. The van der Waals surface area contributed by atoms with E-state index in [2.05, 4.69) is 26.1 Å². The van der Waals surface area contributed by atoms with E-state index in [1.807, 2.05) is 20.8 Å². The zero-order valence-corrected chi connectivity index (χ0v) is 13.1. The van der Waals surface area contributed by atoms with Gasteiger partial charge in [-0.2, -0.15) is 0 Å². The largest absolute Gasteiger partial charge is 0.393 e. The SMILES string of the molecule is CC(C)(C)Nc1ncnc(NNC(=O)c2ccc(F)cc2)c1N. The Morgan fingerprint density at radius 2 is 1.74 bits per heavy atom. The van der Waals surface area contributed by atoms with Crippen LogP contribution in [0.3, 0.4) is 0 Å². The van der Waals surface area contributed by atoms with Crippen molar-refractivity contribution in [3.63, 3.8) is 0 Å². The highest BCUT2D eigenvalue weighted by Gasteiger charge is 2.15. The number of amides is 1. The molecule has 0 spiro atoms. The van der Waals surface area contributed by atoms with Gasteiger partial charge < -0.3 is 11.1 Å². The zero-order valence-electron chi connectivity index (χ0n) is 13.1. The monoisotopic (exact) mass is 318 g/mol. The van der Waals surface area contributed by atoms with E-state index < -0.39 is 11.7 Å². The zero-order chi connectivity index (χ0) is 17.0. The second-order valence-electron chi connectivity index (χ2n) is 5.95. The number of nitrogens with zero attached hydrogens (tertiary/aromatic N) is 2. The highest BCUT2D eigenvalue weighted by molar-refractivity contribution is 5.95. The minimum Gasteiger partial charge on any atom is -0.393 e. The van der Waals surface area contributed by atoms with E-state index in [-0.39, 0.29) is 17.0 Å². The number of anilines is 3. The van der Waals surface area contributed by atoms with Crippen LogP contribution in [0.4, 0.5) is 21.7 Å². The number of carbonyl (C=O) groups is 1. The fourth-order valence-electron chi connectivity index (χ4n) is 1.74. The van der Waals surface area contributed by atoms with Crippen molar-refractivity contribution >= 4 is 23.2 Å². The van der Waals surface area contributed by atoms with Crippen molar-refractivity contribution in [2.75, 3.05) is 16.5 Å². The van der Waals surface area contributed by atoms with Gasteiger partial charge in [-0.15, -0.1) is 0 Å². The lowest BCUT2D eigenvalue weighted by Gasteiger charge is -2.22. The normalized spacial score (nSPS) is 11.0. The van der Waals surface area contributed by atoms with Gasteiger partial charge in [0.25, 0.3) is 5.91 Å². The van der Waals surface area contributed by atoms with Crippen LogP contribution < -0.4 is 21.9 Å². The molecular weight excluding hydrogens is 299 g/mol. The predicted octanol–water partition coefficient (Wildman–Crippen LogP) is 2.17. The van der Waals surface area contributed by atoms with E-state index >= 15 is 0 Å². The summed E-state index contributed by atoms with van der Waals surface area (Å²) in [6, 6.07) is 5.17. The van der Waals surface area contributed by atoms with Gasteiger partial charge in [-0.05, 0) is 45.0 Å². The van der Waals surface area contributed by atoms with Crippen molar-refractivity contribution < 1.29 is 9.18 Å². The lowest BCUT2D eigenvalue weighted by atomic mass is 10.1. The number of hydrogen-bond acceptors (Lipinski definition) is 6. The molecule has 5 N–H and O–H groups in total. The summed E-state index contributed by atoms with van der Waals surface area (Å²) in [4.78, 5) is 20.0. The molecule has 0 saturated carbocycles. The first-order valence-electron chi connectivity index (χ1n) is 6.97. The molecule has 1 aromatic heterocycles. The van der Waals surface area contributed by atoms with Crippen molar-refractivity contribution in [3.05, 3.63) is 42.0 Å². The predicted molar refractivity (Wildman–Crippen MR) is 87.3 cm³/mol. The maximum absolute atomic E-state index is 12.8. The summed E-state index contributed by atoms with van der Waals surface area (Å²) < 4.78 is 12.8. The molecule has 7 nitrogen and oxygen atoms in total. The van der Waals surface area contributed by atoms with Crippen molar-refractivity contribution in [1.29, 1.82) is 0 Å². The number of hydrazine groups is 1. The summed E-state index contributed by atoms with van der Waals surface area (Å²) in [5.74, 6) is -0.117. The van der Waals surface area contributed by atoms with Gasteiger partial charge in [-0.3, -0.25) is 15.6 Å². The van der Waals surface area contributed by atoms with E-state index in [1.165, 1.54) is 30.6 Å². The molecule has 0 aliphatic carbocycles. The number of benzene rings is 1. The summed E-state index contributed by atoms with van der Waals surface area (Å²) in [7, 11) is 0. The molecule has 8 heteroatoms. The molecule has 1 heterocycles. The van der Waals surface area contributed by atoms with Crippen molar-refractivity contribution in [3.8, 4) is 0 Å². The van der Waals surface area contributed by atoms with Crippen LogP contribution in [0.2, 0.25) is 0 Å². The Morgan fingerprint density at radius 3 is 2.35 bits per heavy atom. The number of halogens is 1. The number of hydrogen-bond donors (Lipinski definition) is 4. The highest BCUT2D eigenvalue weighted by atomic mass is 19.1. The second kappa shape index (κ2) is 6.47. The average Bonchev–Trinajstić information content (AvgIpc) is 2.47. The lowest BCUT2D eigenvalue weighted by Crippen LogP contribution is -2.31. The Bertz CT molecular complexity index is 696. The fraction of sp³-hybridized carbons (Fsp3) is 0.267. The first kappa shape index (κ1) is 16.5. The Hall–Kier alpha value is -2.90. The summed E-state index contributed by atoms with van der Waals surface area (Å²) in [5, 5.41) is 3.14. The third-order valence-electron chi connectivity index (χ3n) is 2.78. The number of nitrogen functional groups attached to an aromatic ring is 1. The molecule has 1 aromatic carbocycles. The molecule has 0 unspecified atom stereocenters. The number of aromatic nitrogens is 2.